The van der Waals surface area contributed by atoms with Crippen molar-refractivity contribution in [3.05, 3.63) is 65.4 Å². The molecule has 21 heavy (non-hydrogen) atoms. The molecule has 0 atom stereocenters. The fourth-order valence-electron chi connectivity index (χ4n) is 3.05. The van der Waals surface area contributed by atoms with Gasteiger partial charge in [-0.05, 0) is 32.1 Å². The summed E-state index contributed by atoms with van der Waals surface area (Å²) in [5, 5.41) is 1.26. The molecule has 0 amide bonds. The van der Waals surface area contributed by atoms with Crippen LogP contribution in [0, 0.1) is 6.92 Å². The maximum atomic E-state index is 4.66. The molecule has 1 aliphatic rings. The number of nitrogens with one attached hydrogen (secondary N) is 1. The molecule has 0 saturated carbocycles. The highest BCUT2D eigenvalue weighted by Crippen LogP contribution is 2.37. The van der Waals surface area contributed by atoms with Gasteiger partial charge in [-0.15, -0.1) is 0 Å². The van der Waals surface area contributed by atoms with Gasteiger partial charge in [0, 0.05) is 39.0 Å². The van der Waals surface area contributed by atoms with Crippen molar-refractivity contribution in [2.45, 2.75) is 13.8 Å². The minimum absolute atomic E-state index is 1.07. The van der Waals surface area contributed by atoms with Gasteiger partial charge in [0.05, 0.1) is 5.69 Å². The van der Waals surface area contributed by atoms with Gasteiger partial charge >= 0.3 is 0 Å². The summed E-state index contributed by atoms with van der Waals surface area (Å²) in [5.41, 5.74) is 8.23. The molecule has 0 fully saturated rings. The molecule has 0 unspecified atom stereocenters. The average molecular weight is 272 g/mol. The van der Waals surface area contributed by atoms with Crippen molar-refractivity contribution in [1.82, 2.24) is 4.98 Å². The van der Waals surface area contributed by atoms with Crippen LogP contribution in [0.25, 0.3) is 22.6 Å². The van der Waals surface area contributed by atoms with Crippen LogP contribution in [0.4, 0.5) is 5.69 Å². The molecule has 4 rings (SSSR count). The average Bonchev–Trinajstić information content (AvgIpc) is 2.97. The Morgan fingerprint density at radius 2 is 1.71 bits per heavy atom. The van der Waals surface area contributed by atoms with Crippen LogP contribution in [0.15, 0.2) is 53.5 Å². The van der Waals surface area contributed by atoms with E-state index in [1.165, 1.54) is 33.3 Å². The Bertz CT molecular complexity index is 910. The highest BCUT2D eigenvalue weighted by atomic mass is 14.8. The number of fused-ring (bicyclic) bond motifs is 2. The second-order valence-electron chi connectivity index (χ2n) is 5.48. The van der Waals surface area contributed by atoms with E-state index in [0.29, 0.717) is 0 Å². The predicted molar refractivity (Wildman–Crippen MR) is 90.1 cm³/mol. The van der Waals surface area contributed by atoms with Crippen LogP contribution >= 0.6 is 0 Å². The van der Waals surface area contributed by atoms with Crippen LogP contribution in [0.3, 0.4) is 0 Å². The van der Waals surface area contributed by atoms with Gasteiger partial charge in [-0.3, -0.25) is 4.99 Å². The maximum Gasteiger partial charge on any atom is 0.0712 e. The molecular formula is C19H16N2. The van der Waals surface area contributed by atoms with Gasteiger partial charge in [-0.2, -0.15) is 0 Å². The first-order chi connectivity index (χ1) is 10.2. The van der Waals surface area contributed by atoms with Crippen molar-refractivity contribution in [2.24, 2.45) is 4.99 Å². The molecule has 2 heteroatoms. The van der Waals surface area contributed by atoms with Gasteiger partial charge in [0.1, 0.15) is 0 Å². The number of hydrogen-bond acceptors (Lipinski definition) is 1. The molecule has 0 spiro atoms. The third kappa shape index (κ3) is 1.83. The summed E-state index contributed by atoms with van der Waals surface area (Å²) in [5.74, 6) is 0. The first-order valence-corrected chi connectivity index (χ1v) is 7.18. The van der Waals surface area contributed by atoms with Crippen LogP contribution in [-0.2, 0) is 0 Å². The number of aromatic amines is 1. The predicted octanol–water partition coefficient (Wildman–Crippen LogP) is 5.12. The van der Waals surface area contributed by atoms with Gasteiger partial charge in [-0.25, -0.2) is 0 Å². The fraction of sp³-hybridized carbons (Fsp3) is 0.105. The molecule has 2 heterocycles. The topological polar surface area (TPSA) is 28.1 Å². The van der Waals surface area contributed by atoms with E-state index in [1.807, 2.05) is 6.07 Å². The lowest BCUT2D eigenvalue weighted by atomic mass is 9.99. The lowest BCUT2D eigenvalue weighted by Gasteiger charge is -2.02. The van der Waals surface area contributed by atoms with Crippen molar-refractivity contribution in [3.8, 4) is 0 Å². The number of rotatable bonds is 1. The lowest BCUT2D eigenvalue weighted by molar-refractivity contribution is 1.29. The first-order valence-electron chi connectivity index (χ1n) is 7.18. The highest BCUT2D eigenvalue weighted by Gasteiger charge is 2.18. The molecule has 0 radical (unpaired) electrons. The van der Waals surface area contributed by atoms with E-state index in [0.717, 1.165) is 11.4 Å². The quantitative estimate of drug-likeness (QED) is 0.636. The summed E-state index contributed by atoms with van der Waals surface area (Å²) in [6.07, 6.45) is 2.26. The molecule has 1 aliphatic heterocycles. The number of aryl methyl sites for hydroxylation is 1. The van der Waals surface area contributed by atoms with Crippen LogP contribution in [-0.4, -0.2) is 10.7 Å². The fourth-order valence-corrected chi connectivity index (χ4v) is 3.05. The Morgan fingerprint density at radius 3 is 2.62 bits per heavy atom. The van der Waals surface area contributed by atoms with Crippen LogP contribution in [0.1, 0.15) is 23.7 Å². The molecular weight excluding hydrogens is 256 g/mol. The monoisotopic (exact) mass is 272 g/mol. The molecule has 0 bridgehead atoms. The zero-order valence-electron chi connectivity index (χ0n) is 12.1. The number of allylic oxidation sites excluding steroid dienone is 1. The Balaban J connectivity index is 1.95. The van der Waals surface area contributed by atoms with E-state index < -0.39 is 0 Å². The summed E-state index contributed by atoms with van der Waals surface area (Å²) in [6, 6.07) is 16.8. The van der Waals surface area contributed by atoms with Gasteiger partial charge < -0.3 is 4.98 Å². The van der Waals surface area contributed by atoms with Gasteiger partial charge in [0.25, 0.3) is 0 Å². The molecule has 3 aromatic rings. The molecule has 1 N–H and O–H groups in total. The van der Waals surface area contributed by atoms with E-state index in [-0.39, 0.29) is 0 Å². The number of nitrogens with zero attached hydrogens (tertiary/aromatic N) is 1. The van der Waals surface area contributed by atoms with Crippen molar-refractivity contribution in [3.63, 3.8) is 0 Å². The van der Waals surface area contributed by atoms with E-state index in [2.05, 4.69) is 72.4 Å². The van der Waals surface area contributed by atoms with Gasteiger partial charge in [0.15, 0.2) is 0 Å². The van der Waals surface area contributed by atoms with E-state index >= 15 is 0 Å². The van der Waals surface area contributed by atoms with E-state index in [9.17, 15) is 0 Å². The minimum atomic E-state index is 1.07. The normalized spacial score (nSPS) is 15.5. The van der Waals surface area contributed by atoms with Crippen molar-refractivity contribution in [1.29, 1.82) is 0 Å². The van der Waals surface area contributed by atoms with Crippen LogP contribution in [0.5, 0.6) is 0 Å². The van der Waals surface area contributed by atoms with Crippen molar-refractivity contribution >= 4 is 34.0 Å². The lowest BCUT2D eigenvalue weighted by Crippen LogP contribution is -1.90. The Morgan fingerprint density at radius 1 is 0.952 bits per heavy atom. The maximum absolute atomic E-state index is 4.66. The number of aromatic nitrogens is 1. The summed E-state index contributed by atoms with van der Waals surface area (Å²) >= 11 is 0. The third-order valence-corrected chi connectivity index (χ3v) is 4.10. The van der Waals surface area contributed by atoms with E-state index in [4.69, 9.17) is 0 Å². The summed E-state index contributed by atoms with van der Waals surface area (Å²) in [7, 11) is 0. The molecule has 1 aromatic heterocycles. The summed E-state index contributed by atoms with van der Waals surface area (Å²) < 4.78 is 0. The Labute approximate surface area is 123 Å². The molecule has 0 aliphatic carbocycles. The number of para-hydroxylation sites is 2. The summed E-state index contributed by atoms with van der Waals surface area (Å²) in [4.78, 5) is 8.12. The van der Waals surface area contributed by atoms with Crippen LogP contribution < -0.4 is 0 Å². The third-order valence-electron chi connectivity index (χ3n) is 4.10. The van der Waals surface area contributed by atoms with E-state index in [1.54, 1.807) is 0 Å². The largest absolute Gasteiger partial charge is 0.358 e. The van der Waals surface area contributed by atoms with Gasteiger partial charge in [-0.1, -0.05) is 36.4 Å². The SMILES string of the molecule is CC1=Nc2ccccc2C1=Cc1c(C)[nH]c2ccccc12. The summed E-state index contributed by atoms with van der Waals surface area (Å²) in [6.45, 7) is 4.20. The smallest absolute Gasteiger partial charge is 0.0712 e. The number of H-pyrrole nitrogens is 1. The molecule has 2 aromatic carbocycles. The highest BCUT2D eigenvalue weighted by molar-refractivity contribution is 6.32. The Hall–Kier alpha value is -2.61. The van der Waals surface area contributed by atoms with Crippen molar-refractivity contribution in [2.75, 3.05) is 0 Å². The molecule has 0 saturated heterocycles. The van der Waals surface area contributed by atoms with Crippen molar-refractivity contribution < 1.29 is 0 Å². The van der Waals surface area contributed by atoms with Crippen LogP contribution in [0.2, 0.25) is 0 Å². The number of hydrogen-bond donors (Lipinski definition) is 1. The zero-order chi connectivity index (χ0) is 14.4. The molecule has 102 valence electrons. The Kier molecular flexibility index (Phi) is 2.58. The number of aliphatic imine (C=N–C) groups is 1. The molecule has 2 nitrogen and oxygen atoms in total. The first kappa shape index (κ1) is 12.2. The second-order valence-corrected chi connectivity index (χ2v) is 5.48. The standard InChI is InChI=1S/C19H16N2/c1-12-16(14-7-3-5-9-18(14)20-12)11-17-13(2)21-19-10-6-4-8-15(17)19/h3-11,20H,1-2H3. The number of benzene rings is 2. The minimum Gasteiger partial charge on any atom is -0.358 e. The second kappa shape index (κ2) is 4.45. The zero-order valence-corrected chi connectivity index (χ0v) is 12.1. The van der Waals surface area contributed by atoms with Gasteiger partial charge in [0.2, 0.25) is 0 Å².